The number of aliphatic imine (C=N–C) groups is 1. The lowest BCUT2D eigenvalue weighted by Crippen LogP contribution is -2.39. The number of aromatic nitrogens is 2. The van der Waals surface area contributed by atoms with Gasteiger partial charge >= 0.3 is 0 Å². The van der Waals surface area contributed by atoms with Crippen molar-refractivity contribution in [2.24, 2.45) is 10.4 Å². The summed E-state index contributed by atoms with van der Waals surface area (Å²) in [7, 11) is 0. The zero-order valence-electron chi connectivity index (χ0n) is 15.5. The van der Waals surface area contributed by atoms with E-state index in [-0.39, 0.29) is 24.0 Å². The molecule has 5 nitrogen and oxygen atoms in total. The van der Waals surface area contributed by atoms with Crippen LogP contribution in [-0.2, 0) is 6.54 Å². The van der Waals surface area contributed by atoms with Crippen LogP contribution in [0, 0.1) is 12.3 Å². The SMILES string of the molecule is CCNC(=NCC1(CC)CCCC1)NCCCn1cc(C)cn1.I. The zero-order valence-corrected chi connectivity index (χ0v) is 17.8. The Morgan fingerprint density at radius 1 is 1.29 bits per heavy atom. The van der Waals surface area contributed by atoms with Crippen LogP contribution in [-0.4, -0.2) is 35.4 Å². The summed E-state index contributed by atoms with van der Waals surface area (Å²) in [6, 6.07) is 0. The quantitative estimate of drug-likeness (QED) is 0.277. The van der Waals surface area contributed by atoms with Crippen LogP contribution >= 0.6 is 24.0 Å². The van der Waals surface area contributed by atoms with Crippen molar-refractivity contribution < 1.29 is 0 Å². The van der Waals surface area contributed by atoms with Gasteiger partial charge in [-0.05, 0) is 50.5 Å². The van der Waals surface area contributed by atoms with Gasteiger partial charge in [0.05, 0.1) is 6.20 Å². The zero-order chi connectivity index (χ0) is 16.5. The molecule has 24 heavy (non-hydrogen) atoms. The van der Waals surface area contributed by atoms with Gasteiger partial charge in [0.1, 0.15) is 0 Å². The highest BCUT2D eigenvalue weighted by atomic mass is 127. The molecule has 1 saturated carbocycles. The van der Waals surface area contributed by atoms with Gasteiger partial charge in [-0.2, -0.15) is 5.10 Å². The number of halogens is 1. The first-order valence-corrected chi connectivity index (χ1v) is 9.19. The van der Waals surface area contributed by atoms with Crippen LogP contribution in [0.1, 0.15) is 57.9 Å². The van der Waals surface area contributed by atoms with Crippen molar-refractivity contribution >= 4 is 29.9 Å². The monoisotopic (exact) mass is 447 g/mol. The number of hydrogen-bond donors (Lipinski definition) is 2. The lowest BCUT2D eigenvalue weighted by Gasteiger charge is -2.25. The summed E-state index contributed by atoms with van der Waals surface area (Å²) in [6.45, 7) is 10.2. The lowest BCUT2D eigenvalue weighted by atomic mass is 9.84. The second kappa shape index (κ2) is 10.9. The Kier molecular flexibility index (Phi) is 9.69. The number of hydrogen-bond acceptors (Lipinski definition) is 2. The van der Waals surface area contributed by atoms with Crippen molar-refractivity contribution in [3.05, 3.63) is 18.0 Å². The average Bonchev–Trinajstić information content (AvgIpc) is 3.19. The number of rotatable bonds is 8. The van der Waals surface area contributed by atoms with E-state index in [1.165, 1.54) is 37.7 Å². The molecule has 0 aromatic carbocycles. The molecule has 0 saturated heterocycles. The normalized spacial score (nSPS) is 16.7. The van der Waals surface area contributed by atoms with E-state index in [4.69, 9.17) is 4.99 Å². The molecule has 1 fully saturated rings. The molecule has 138 valence electrons. The second-order valence-corrected chi connectivity index (χ2v) is 6.82. The first kappa shape index (κ1) is 21.3. The van der Waals surface area contributed by atoms with E-state index in [0.29, 0.717) is 5.41 Å². The minimum Gasteiger partial charge on any atom is -0.357 e. The highest BCUT2D eigenvalue weighted by Gasteiger charge is 2.31. The Morgan fingerprint density at radius 3 is 2.62 bits per heavy atom. The summed E-state index contributed by atoms with van der Waals surface area (Å²) in [4.78, 5) is 4.86. The van der Waals surface area contributed by atoms with Gasteiger partial charge in [0.2, 0.25) is 0 Å². The van der Waals surface area contributed by atoms with E-state index in [2.05, 4.69) is 42.7 Å². The largest absolute Gasteiger partial charge is 0.357 e. The maximum atomic E-state index is 4.86. The highest BCUT2D eigenvalue weighted by Crippen LogP contribution is 2.41. The molecule has 1 heterocycles. The number of nitrogens with zero attached hydrogens (tertiary/aromatic N) is 3. The van der Waals surface area contributed by atoms with Crippen LogP contribution in [0.3, 0.4) is 0 Å². The van der Waals surface area contributed by atoms with E-state index < -0.39 is 0 Å². The molecule has 1 aliphatic carbocycles. The van der Waals surface area contributed by atoms with Crippen molar-refractivity contribution in [3.63, 3.8) is 0 Å². The molecule has 0 atom stereocenters. The third kappa shape index (κ3) is 6.61. The van der Waals surface area contributed by atoms with Crippen LogP contribution in [0.4, 0.5) is 0 Å². The molecule has 1 aromatic heterocycles. The van der Waals surface area contributed by atoms with E-state index >= 15 is 0 Å². The van der Waals surface area contributed by atoms with Gasteiger partial charge in [-0.15, -0.1) is 24.0 Å². The fourth-order valence-corrected chi connectivity index (χ4v) is 3.37. The van der Waals surface area contributed by atoms with Crippen molar-refractivity contribution in [1.29, 1.82) is 0 Å². The van der Waals surface area contributed by atoms with Gasteiger partial charge in [0, 0.05) is 32.4 Å². The predicted molar refractivity (Wildman–Crippen MR) is 112 cm³/mol. The molecule has 0 spiro atoms. The van der Waals surface area contributed by atoms with Crippen LogP contribution in [0.5, 0.6) is 0 Å². The Balaban J connectivity index is 0.00000288. The van der Waals surface area contributed by atoms with Crippen molar-refractivity contribution in [1.82, 2.24) is 20.4 Å². The topological polar surface area (TPSA) is 54.2 Å². The average molecular weight is 447 g/mol. The Hall–Kier alpha value is -0.790. The van der Waals surface area contributed by atoms with Gasteiger partial charge in [-0.3, -0.25) is 9.67 Å². The first-order chi connectivity index (χ1) is 11.2. The van der Waals surface area contributed by atoms with Gasteiger partial charge in [0.25, 0.3) is 0 Å². The van der Waals surface area contributed by atoms with Gasteiger partial charge in [0.15, 0.2) is 5.96 Å². The van der Waals surface area contributed by atoms with Crippen LogP contribution in [0.15, 0.2) is 17.4 Å². The minimum atomic E-state index is 0. The van der Waals surface area contributed by atoms with Crippen molar-refractivity contribution in [3.8, 4) is 0 Å². The molecule has 0 bridgehead atoms. The maximum Gasteiger partial charge on any atom is 0.191 e. The Labute approximate surface area is 164 Å². The summed E-state index contributed by atoms with van der Waals surface area (Å²) >= 11 is 0. The maximum absolute atomic E-state index is 4.86. The molecule has 0 unspecified atom stereocenters. The summed E-state index contributed by atoms with van der Waals surface area (Å²) in [6.07, 6.45) is 11.7. The van der Waals surface area contributed by atoms with E-state index in [1.54, 1.807) is 0 Å². The van der Waals surface area contributed by atoms with Crippen LogP contribution in [0.25, 0.3) is 0 Å². The van der Waals surface area contributed by atoms with Gasteiger partial charge in [-0.1, -0.05) is 19.8 Å². The van der Waals surface area contributed by atoms with Gasteiger partial charge in [-0.25, -0.2) is 0 Å². The van der Waals surface area contributed by atoms with Crippen molar-refractivity contribution in [2.75, 3.05) is 19.6 Å². The standard InChI is InChI=1S/C18H33N5.HI/c1-4-18(9-6-7-10-18)15-21-17(19-5-2)20-11-8-12-23-14-16(3)13-22-23;/h13-14H,4-12,15H2,1-3H3,(H2,19,20,21);1H. The third-order valence-corrected chi connectivity index (χ3v) is 4.95. The van der Waals surface area contributed by atoms with E-state index in [1.807, 2.05) is 10.9 Å². The first-order valence-electron chi connectivity index (χ1n) is 9.19. The van der Waals surface area contributed by atoms with E-state index in [9.17, 15) is 0 Å². The fourth-order valence-electron chi connectivity index (χ4n) is 3.37. The molecular weight excluding hydrogens is 413 g/mol. The summed E-state index contributed by atoms with van der Waals surface area (Å²) in [5.74, 6) is 0.962. The molecule has 2 rings (SSSR count). The molecule has 1 aromatic rings. The molecular formula is C18H34IN5. The Morgan fingerprint density at radius 2 is 2.04 bits per heavy atom. The molecule has 2 N–H and O–H groups in total. The fraction of sp³-hybridized carbons (Fsp3) is 0.778. The molecule has 0 radical (unpaired) electrons. The predicted octanol–water partition coefficient (Wildman–Crippen LogP) is 3.73. The molecule has 1 aliphatic rings. The summed E-state index contributed by atoms with van der Waals surface area (Å²) in [5, 5.41) is 11.1. The summed E-state index contributed by atoms with van der Waals surface area (Å²) < 4.78 is 2.01. The third-order valence-electron chi connectivity index (χ3n) is 4.95. The van der Waals surface area contributed by atoms with Crippen LogP contribution in [0.2, 0.25) is 0 Å². The summed E-state index contributed by atoms with van der Waals surface area (Å²) in [5.41, 5.74) is 1.67. The minimum absolute atomic E-state index is 0. The van der Waals surface area contributed by atoms with Gasteiger partial charge < -0.3 is 10.6 Å². The highest BCUT2D eigenvalue weighted by molar-refractivity contribution is 14.0. The molecule has 0 aliphatic heterocycles. The van der Waals surface area contributed by atoms with Crippen molar-refractivity contribution in [2.45, 2.75) is 65.8 Å². The number of aryl methyl sites for hydroxylation is 2. The Bertz CT molecular complexity index is 491. The smallest absolute Gasteiger partial charge is 0.191 e. The number of guanidine groups is 1. The molecule has 6 heteroatoms. The number of nitrogens with one attached hydrogen (secondary N) is 2. The van der Waals surface area contributed by atoms with Crippen LogP contribution < -0.4 is 10.6 Å². The lowest BCUT2D eigenvalue weighted by molar-refractivity contribution is 0.297. The molecule has 0 amide bonds. The van der Waals surface area contributed by atoms with E-state index in [0.717, 1.165) is 38.6 Å². The second-order valence-electron chi connectivity index (χ2n) is 6.82.